The highest BCUT2D eigenvalue weighted by molar-refractivity contribution is 6.26. The summed E-state index contributed by atoms with van der Waals surface area (Å²) >= 11 is 0. The second-order valence-corrected chi connectivity index (χ2v) is 8.05. The number of benzene rings is 1. The lowest BCUT2D eigenvalue weighted by molar-refractivity contribution is -0.153. The minimum absolute atomic E-state index is 0.00178. The lowest BCUT2D eigenvalue weighted by Crippen LogP contribution is -2.48. The lowest BCUT2D eigenvalue weighted by atomic mass is 10.0. The van der Waals surface area contributed by atoms with E-state index in [1.807, 2.05) is 0 Å². The van der Waals surface area contributed by atoms with Crippen LogP contribution >= 0.6 is 0 Å². The van der Waals surface area contributed by atoms with Gasteiger partial charge in [0.1, 0.15) is 18.0 Å². The molecule has 174 valence electrons. The molecule has 2 atom stereocenters. The van der Waals surface area contributed by atoms with Crippen molar-refractivity contribution in [1.82, 2.24) is 10.3 Å². The number of aromatic nitrogens is 1. The molecular formula is C23H30FN3O5. The first-order valence-corrected chi connectivity index (χ1v) is 10.6. The molecule has 2 aromatic rings. The summed E-state index contributed by atoms with van der Waals surface area (Å²) in [7, 11) is 0. The monoisotopic (exact) mass is 447 g/mol. The molecule has 0 radical (unpaired) electrons. The number of esters is 1. The van der Waals surface area contributed by atoms with Gasteiger partial charge in [-0.25, -0.2) is 9.18 Å². The Bertz CT molecular complexity index is 970. The highest BCUT2D eigenvalue weighted by Gasteiger charge is 2.29. The van der Waals surface area contributed by atoms with Gasteiger partial charge in [-0.2, -0.15) is 0 Å². The van der Waals surface area contributed by atoms with E-state index in [0.717, 1.165) is 0 Å². The van der Waals surface area contributed by atoms with E-state index < -0.39 is 41.7 Å². The molecule has 3 N–H and O–H groups in total. The first kappa shape index (κ1) is 25.2. The van der Waals surface area contributed by atoms with Crippen molar-refractivity contribution in [3.63, 3.8) is 0 Å². The summed E-state index contributed by atoms with van der Waals surface area (Å²) in [5.74, 6) is -2.06. The summed E-state index contributed by atoms with van der Waals surface area (Å²) in [5.41, 5.74) is 1.04. The van der Waals surface area contributed by atoms with E-state index in [1.54, 1.807) is 46.0 Å². The van der Waals surface area contributed by atoms with E-state index in [9.17, 15) is 18.8 Å². The molecule has 32 heavy (non-hydrogen) atoms. The highest BCUT2D eigenvalue weighted by Crippen LogP contribution is 2.23. The summed E-state index contributed by atoms with van der Waals surface area (Å²) in [6.07, 6.45) is 0.733. The average Bonchev–Trinajstić information content (AvgIpc) is 3.13. The van der Waals surface area contributed by atoms with Crippen LogP contribution < -0.4 is 5.32 Å². The lowest BCUT2D eigenvalue weighted by Gasteiger charge is -2.24. The molecule has 0 saturated heterocycles. The molecule has 1 amide bonds. The molecule has 0 aliphatic carbocycles. The number of H-pyrrole nitrogens is 1. The Morgan fingerprint density at radius 1 is 1.19 bits per heavy atom. The number of nitrogens with one attached hydrogen (secondary N) is 3. The Hall–Kier alpha value is -3.07. The van der Waals surface area contributed by atoms with Crippen LogP contribution in [0.15, 0.2) is 24.4 Å². The van der Waals surface area contributed by atoms with Crippen LogP contribution in [0.4, 0.5) is 4.39 Å². The second kappa shape index (κ2) is 11.5. The zero-order valence-corrected chi connectivity index (χ0v) is 18.7. The standard InChI is InChI=1S/C23H30FN3O5/c1-13(2)31-20(10-15-12-26-21-17(15)6-5-7-18(21)24)22(29)27-19(9-8-16(28)11-25)23(30)32-14(3)4/h5-7,11-14,19-20,25-26H,8-10H2,1-4H3,(H,27,29)/t19-,20-/m0/s1. The van der Waals surface area contributed by atoms with E-state index in [4.69, 9.17) is 14.9 Å². The smallest absolute Gasteiger partial charge is 0.328 e. The molecule has 1 heterocycles. The Morgan fingerprint density at radius 3 is 2.53 bits per heavy atom. The van der Waals surface area contributed by atoms with Crippen LogP contribution in [0.25, 0.3) is 10.9 Å². The number of hydrogen-bond acceptors (Lipinski definition) is 6. The summed E-state index contributed by atoms with van der Waals surface area (Å²) in [4.78, 5) is 39.9. The molecule has 0 saturated carbocycles. The summed E-state index contributed by atoms with van der Waals surface area (Å²) in [5, 5.41) is 10.3. The van der Waals surface area contributed by atoms with Crippen molar-refractivity contribution in [3.8, 4) is 0 Å². The number of amides is 1. The number of carbonyl (C=O) groups excluding carboxylic acids is 3. The quantitative estimate of drug-likeness (QED) is 0.341. The first-order valence-electron chi connectivity index (χ1n) is 10.6. The second-order valence-electron chi connectivity index (χ2n) is 8.05. The van der Waals surface area contributed by atoms with Crippen LogP contribution in [0.5, 0.6) is 0 Å². The average molecular weight is 448 g/mol. The highest BCUT2D eigenvalue weighted by atomic mass is 19.1. The van der Waals surface area contributed by atoms with Gasteiger partial charge >= 0.3 is 5.97 Å². The molecule has 2 rings (SSSR count). The molecule has 0 aliphatic rings. The largest absolute Gasteiger partial charge is 0.461 e. The fourth-order valence-electron chi connectivity index (χ4n) is 3.26. The molecule has 0 fully saturated rings. The maximum Gasteiger partial charge on any atom is 0.328 e. The van der Waals surface area contributed by atoms with Gasteiger partial charge in [0.2, 0.25) is 5.91 Å². The number of ketones is 1. The van der Waals surface area contributed by atoms with E-state index in [1.165, 1.54) is 6.07 Å². The number of hydrogen-bond donors (Lipinski definition) is 3. The summed E-state index contributed by atoms with van der Waals surface area (Å²) in [6.45, 7) is 6.92. The third-order valence-electron chi connectivity index (χ3n) is 4.68. The molecule has 0 bridgehead atoms. The van der Waals surface area contributed by atoms with Gasteiger partial charge < -0.3 is 25.2 Å². The molecule has 8 nitrogen and oxygen atoms in total. The predicted octanol–water partition coefficient (Wildman–Crippen LogP) is 3.08. The van der Waals surface area contributed by atoms with Gasteiger partial charge in [0, 0.05) is 24.4 Å². The van der Waals surface area contributed by atoms with Crippen LogP contribution in [0.3, 0.4) is 0 Å². The van der Waals surface area contributed by atoms with Crippen molar-refractivity contribution >= 4 is 34.8 Å². The van der Waals surface area contributed by atoms with Crippen molar-refractivity contribution in [1.29, 1.82) is 5.41 Å². The topological polar surface area (TPSA) is 121 Å². The van der Waals surface area contributed by atoms with Crippen molar-refractivity contribution in [3.05, 3.63) is 35.8 Å². The zero-order chi connectivity index (χ0) is 23.8. The maximum atomic E-state index is 14.0. The zero-order valence-electron chi connectivity index (χ0n) is 18.7. The first-order chi connectivity index (χ1) is 15.1. The third-order valence-corrected chi connectivity index (χ3v) is 4.68. The molecule has 0 unspecified atom stereocenters. The normalized spacial score (nSPS) is 13.2. The fraction of sp³-hybridized carbons (Fsp3) is 0.478. The minimum Gasteiger partial charge on any atom is -0.461 e. The number of rotatable bonds is 12. The summed E-state index contributed by atoms with van der Waals surface area (Å²) in [6, 6.07) is 3.62. The van der Waals surface area contributed by atoms with Gasteiger partial charge in [-0.3, -0.25) is 9.59 Å². The van der Waals surface area contributed by atoms with Gasteiger partial charge in [-0.1, -0.05) is 12.1 Å². The van der Waals surface area contributed by atoms with Crippen molar-refractivity contribution < 1.29 is 28.2 Å². The number of fused-ring (bicyclic) bond motifs is 1. The molecule has 0 aliphatic heterocycles. The van der Waals surface area contributed by atoms with Crippen molar-refractivity contribution in [2.45, 2.75) is 71.3 Å². The van der Waals surface area contributed by atoms with E-state index in [0.29, 0.717) is 22.7 Å². The number of ether oxygens (including phenoxy) is 2. The van der Waals surface area contributed by atoms with Crippen LogP contribution in [0.2, 0.25) is 0 Å². The van der Waals surface area contributed by atoms with E-state index in [-0.39, 0.29) is 25.4 Å². The Labute approximate surface area is 186 Å². The molecular weight excluding hydrogens is 417 g/mol. The minimum atomic E-state index is -1.06. The molecule has 1 aromatic heterocycles. The van der Waals surface area contributed by atoms with Crippen LogP contribution in [0, 0.1) is 11.2 Å². The Morgan fingerprint density at radius 2 is 1.91 bits per heavy atom. The van der Waals surface area contributed by atoms with E-state index >= 15 is 0 Å². The molecule has 1 aromatic carbocycles. The fourth-order valence-corrected chi connectivity index (χ4v) is 3.26. The van der Waals surface area contributed by atoms with Crippen molar-refractivity contribution in [2.75, 3.05) is 0 Å². The number of aromatic amines is 1. The molecule has 0 spiro atoms. The van der Waals surface area contributed by atoms with Gasteiger partial charge in [-0.15, -0.1) is 0 Å². The number of halogens is 1. The predicted molar refractivity (Wildman–Crippen MR) is 118 cm³/mol. The van der Waals surface area contributed by atoms with Crippen LogP contribution in [-0.4, -0.2) is 53.2 Å². The number of para-hydroxylation sites is 1. The molecule has 9 heteroatoms. The van der Waals surface area contributed by atoms with Crippen molar-refractivity contribution in [2.24, 2.45) is 0 Å². The Balaban J connectivity index is 2.22. The summed E-state index contributed by atoms with van der Waals surface area (Å²) < 4.78 is 25.0. The van der Waals surface area contributed by atoms with E-state index in [2.05, 4.69) is 10.3 Å². The van der Waals surface area contributed by atoms with Crippen LogP contribution in [-0.2, 0) is 30.3 Å². The van der Waals surface area contributed by atoms with Gasteiger partial charge in [0.05, 0.1) is 23.9 Å². The maximum absolute atomic E-state index is 14.0. The van der Waals surface area contributed by atoms with Gasteiger partial charge in [0.15, 0.2) is 5.78 Å². The number of carbonyl (C=O) groups is 3. The SMILES string of the molecule is CC(C)OC(=O)[C@H](CCC(=O)C=N)NC(=O)[C@H](Cc1c[nH]c2c(F)cccc12)OC(C)C. The Kier molecular flexibility index (Phi) is 9.07. The van der Waals surface area contributed by atoms with Crippen LogP contribution in [0.1, 0.15) is 46.1 Å². The van der Waals surface area contributed by atoms with Gasteiger partial charge in [-0.05, 0) is 45.7 Å². The third kappa shape index (κ3) is 6.98. The number of Topliss-reactive ketones (excluding diaryl/α,β-unsaturated/α-hetero) is 1. The van der Waals surface area contributed by atoms with Gasteiger partial charge in [0.25, 0.3) is 0 Å².